The third-order valence-corrected chi connectivity index (χ3v) is 4.08. The molecule has 3 aromatic rings. The summed E-state index contributed by atoms with van der Waals surface area (Å²) in [5.41, 5.74) is 0.806. The Morgan fingerprint density at radius 3 is 3.04 bits per heavy atom. The summed E-state index contributed by atoms with van der Waals surface area (Å²) in [4.78, 5) is 16.3. The number of carbonyl (C=O) groups excluding carboxylic acids is 1. The van der Waals surface area contributed by atoms with Crippen LogP contribution in [0.1, 0.15) is 12.2 Å². The van der Waals surface area contributed by atoms with Crippen LogP contribution >= 0.6 is 0 Å². The molecule has 1 aliphatic heterocycles. The molecule has 0 radical (unpaired) electrons. The molecule has 25 heavy (non-hydrogen) atoms. The number of benzene rings is 1. The highest BCUT2D eigenvalue weighted by Gasteiger charge is 2.21. The number of halogens is 1. The minimum atomic E-state index is -0.382. The van der Waals surface area contributed by atoms with E-state index >= 15 is 0 Å². The average molecular weight is 341 g/mol. The smallest absolute Gasteiger partial charge is 0.319 e. The zero-order valence-corrected chi connectivity index (χ0v) is 13.3. The first kappa shape index (κ1) is 15.3. The first-order chi connectivity index (χ1) is 12.2. The van der Waals surface area contributed by atoms with E-state index < -0.39 is 0 Å². The van der Waals surface area contributed by atoms with Gasteiger partial charge in [0.05, 0.1) is 30.7 Å². The Balaban J connectivity index is 1.38. The van der Waals surface area contributed by atoms with Gasteiger partial charge in [0.1, 0.15) is 23.7 Å². The van der Waals surface area contributed by atoms with Crippen LogP contribution in [0.15, 0.2) is 43.0 Å². The Morgan fingerprint density at radius 1 is 1.28 bits per heavy atom. The maximum Gasteiger partial charge on any atom is 0.319 e. The van der Waals surface area contributed by atoms with Gasteiger partial charge < -0.3 is 10.6 Å². The van der Waals surface area contributed by atoms with Gasteiger partial charge in [0.25, 0.3) is 0 Å². The Bertz CT molecular complexity index is 903. The van der Waals surface area contributed by atoms with E-state index in [0.29, 0.717) is 17.9 Å². The first-order valence-corrected chi connectivity index (χ1v) is 7.93. The predicted molar refractivity (Wildman–Crippen MR) is 87.8 cm³/mol. The molecule has 9 heteroatoms. The van der Waals surface area contributed by atoms with Gasteiger partial charge in [0.2, 0.25) is 0 Å². The second kappa shape index (κ2) is 6.34. The Kier molecular flexibility index (Phi) is 3.88. The van der Waals surface area contributed by atoms with Gasteiger partial charge in [0.15, 0.2) is 0 Å². The summed E-state index contributed by atoms with van der Waals surface area (Å²) in [5.74, 6) is 0.553. The largest absolute Gasteiger partial charge is 0.333 e. The molecule has 0 spiro atoms. The molecule has 0 saturated heterocycles. The molecule has 0 aliphatic carbocycles. The molecule has 1 aliphatic rings. The number of carbonyl (C=O) groups is 1. The van der Waals surface area contributed by atoms with Crippen LogP contribution in [0.25, 0.3) is 5.69 Å². The topological polar surface area (TPSA) is 89.7 Å². The number of nitrogens with zero attached hydrogens (tertiary/aromatic N) is 5. The van der Waals surface area contributed by atoms with E-state index in [4.69, 9.17) is 0 Å². The lowest BCUT2D eigenvalue weighted by Crippen LogP contribution is -2.43. The maximum absolute atomic E-state index is 13.8. The highest BCUT2D eigenvalue weighted by atomic mass is 19.1. The van der Waals surface area contributed by atoms with E-state index in [-0.39, 0.29) is 17.9 Å². The van der Waals surface area contributed by atoms with E-state index in [2.05, 4.69) is 25.8 Å². The van der Waals surface area contributed by atoms with Gasteiger partial charge >= 0.3 is 6.03 Å². The van der Waals surface area contributed by atoms with Crippen LogP contribution in [0.5, 0.6) is 0 Å². The fourth-order valence-corrected chi connectivity index (χ4v) is 2.86. The standard InChI is InChI=1S/C16H16FN7O/c17-13-3-1-2-4-14(13)23-9-12(7-19-23)22-16(25)21-11-5-6-15-18-10-20-24(15)8-11/h1-4,7,9-11H,5-6,8H2,(H2,21,22,25)/t11-/m0/s1. The van der Waals surface area contributed by atoms with Crippen molar-refractivity contribution >= 4 is 11.7 Å². The second-order valence-electron chi connectivity index (χ2n) is 5.82. The molecular formula is C16H16FN7O. The molecule has 0 fully saturated rings. The van der Waals surface area contributed by atoms with Crippen molar-refractivity contribution in [2.45, 2.75) is 25.4 Å². The van der Waals surface area contributed by atoms with Gasteiger partial charge in [-0.2, -0.15) is 10.2 Å². The van der Waals surface area contributed by atoms with Crippen molar-refractivity contribution in [3.63, 3.8) is 0 Å². The van der Waals surface area contributed by atoms with Gasteiger partial charge in [-0.15, -0.1) is 0 Å². The number of anilines is 1. The summed E-state index contributed by atoms with van der Waals surface area (Å²) in [5, 5.41) is 13.8. The number of nitrogens with one attached hydrogen (secondary N) is 2. The molecule has 0 bridgehead atoms. The van der Waals surface area contributed by atoms with Gasteiger partial charge in [-0.05, 0) is 18.6 Å². The molecule has 3 heterocycles. The summed E-state index contributed by atoms with van der Waals surface area (Å²) in [6, 6.07) is 5.96. The lowest BCUT2D eigenvalue weighted by molar-refractivity contribution is 0.243. The number of urea groups is 1. The average Bonchev–Trinajstić information content (AvgIpc) is 3.24. The molecule has 2 aromatic heterocycles. The number of amides is 2. The number of fused-ring (bicyclic) bond motifs is 1. The van der Waals surface area contributed by atoms with Crippen molar-refractivity contribution in [2.75, 3.05) is 5.32 Å². The second-order valence-corrected chi connectivity index (χ2v) is 5.82. The van der Waals surface area contributed by atoms with E-state index in [1.165, 1.54) is 23.3 Å². The number of hydrogen-bond acceptors (Lipinski definition) is 4. The molecule has 1 atom stereocenters. The number of aryl methyl sites for hydroxylation is 1. The normalized spacial score (nSPS) is 16.3. The molecule has 128 valence electrons. The number of rotatable bonds is 3. The summed E-state index contributed by atoms with van der Waals surface area (Å²) < 4.78 is 17.0. The summed E-state index contributed by atoms with van der Waals surface area (Å²) in [7, 11) is 0. The van der Waals surface area contributed by atoms with Crippen molar-refractivity contribution in [1.82, 2.24) is 29.9 Å². The Labute approximate surface area is 142 Å². The predicted octanol–water partition coefficient (Wildman–Crippen LogP) is 1.74. The molecule has 0 saturated carbocycles. The molecular weight excluding hydrogens is 325 g/mol. The molecule has 0 unspecified atom stereocenters. The van der Waals surface area contributed by atoms with Crippen LogP contribution in [0.4, 0.5) is 14.9 Å². The molecule has 2 amide bonds. The van der Waals surface area contributed by atoms with E-state index in [9.17, 15) is 9.18 Å². The zero-order valence-electron chi connectivity index (χ0n) is 13.3. The summed E-state index contributed by atoms with van der Waals surface area (Å²) in [6.07, 6.45) is 6.14. The van der Waals surface area contributed by atoms with E-state index in [1.54, 1.807) is 29.1 Å². The molecule has 2 N–H and O–H groups in total. The summed E-state index contributed by atoms with van der Waals surface area (Å²) in [6.45, 7) is 0.594. The van der Waals surface area contributed by atoms with Crippen molar-refractivity contribution in [1.29, 1.82) is 0 Å². The van der Waals surface area contributed by atoms with Crippen molar-refractivity contribution in [3.05, 3.63) is 54.6 Å². The summed E-state index contributed by atoms with van der Waals surface area (Å²) >= 11 is 0. The molecule has 1 aromatic carbocycles. The van der Waals surface area contributed by atoms with Crippen LogP contribution in [-0.2, 0) is 13.0 Å². The monoisotopic (exact) mass is 341 g/mol. The van der Waals surface area contributed by atoms with Crippen molar-refractivity contribution in [2.24, 2.45) is 0 Å². The quantitative estimate of drug-likeness (QED) is 0.759. The van der Waals surface area contributed by atoms with Crippen LogP contribution < -0.4 is 10.6 Å². The Morgan fingerprint density at radius 2 is 2.16 bits per heavy atom. The van der Waals surface area contributed by atoms with Crippen molar-refractivity contribution in [3.8, 4) is 5.69 Å². The highest BCUT2D eigenvalue weighted by Crippen LogP contribution is 2.15. The number of hydrogen-bond donors (Lipinski definition) is 2. The van der Waals surface area contributed by atoms with Gasteiger partial charge in [-0.1, -0.05) is 12.1 Å². The third kappa shape index (κ3) is 3.21. The van der Waals surface area contributed by atoms with Gasteiger partial charge in [0, 0.05) is 6.42 Å². The number of aromatic nitrogens is 5. The molecule has 4 rings (SSSR count). The van der Waals surface area contributed by atoms with Crippen LogP contribution in [0.3, 0.4) is 0 Å². The van der Waals surface area contributed by atoms with Gasteiger partial charge in [-0.3, -0.25) is 0 Å². The lowest BCUT2D eigenvalue weighted by atomic mass is 10.1. The van der Waals surface area contributed by atoms with E-state index in [1.807, 2.05) is 0 Å². The lowest BCUT2D eigenvalue weighted by Gasteiger charge is -2.23. The van der Waals surface area contributed by atoms with Crippen LogP contribution in [0.2, 0.25) is 0 Å². The van der Waals surface area contributed by atoms with Crippen LogP contribution in [0, 0.1) is 5.82 Å². The fourth-order valence-electron chi connectivity index (χ4n) is 2.86. The van der Waals surface area contributed by atoms with E-state index in [0.717, 1.165) is 18.7 Å². The SMILES string of the molecule is O=C(Nc1cnn(-c2ccccc2F)c1)N[C@H]1CCc2ncnn2C1. The fraction of sp³-hybridized carbons (Fsp3) is 0.250. The number of para-hydroxylation sites is 1. The maximum atomic E-state index is 13.8. The van der Waals surface area contributed by atoms with Crippen molar-refractivity contribution < 1.29 is 9.18 Å². The minimum absolute atomic E-state index is 0.0178. The zero-order chi connectivity index (χ0) is 17.2. The first-order valence-electron chi connectivity index (χ1n) is 7.93. The third-order valence-electron chi connectivity index (χ3n) is 4.08. The van der Waals surface area contributed by atoms with Gasteiger partial charge in [-0.25, -0.2) is 23.5 Å². The minimum Gasteiger partial charge on any atom is -0.333 e. The Hall–Kier alpha value is -3.23. The molecule has 8 nitrogen and oxygen atoms in total. The highest BCUT2D eigenvalue weighted by molar-refractivity contribution is 5.89. The van der Waals surface area contributed by atoms with Crippen LogP contribution in [-0.4, -0.2) is 36.6 Å².